The Balaban J connectivity index is 0.000000228. The van der Waals surface area contributed by atoms with Crippen molar-refractivity contribution in [3.8, 4) is 6.07 Å². The van der Waals surface area contributed by atoms with Crippen molar-refractivity contribution in [1.29, 1.82) is 5.26 Å². The van der Waals surface area contributed by atoms with Crippen LogP contribution in [-0.4, -0.2) is 87.1 Å². The van der Waals surface area contributed by atoms with Gasteiger partial charge in [-0.05, 0) is 60.3 Å². The van der Waals surface area contributed by atoms with Gasteiger partial charge in [0.05, 0.1) is 32.5 Å². The van der Waals surface area contributed by atoms with Gasteiger partial charge in [-0.15, -0.1) is 12.4 Å². The smallest absolute Gasteiger partial charge is 0.168 e. The molecule has 4 rings (SSSR count). The fourth-order valence-corrected chi connectivity index (χ4v) is 5.80. The maximum absolute atomic E-state index is 9.27. The van der Waals surface area contributed by atoms with Crippen LogP contribution in [0.5, 0.6) is 0 Å². The Kier molecular flexibility index (Phi) is 10.5. The van der Waals surface area contributed by atoms with Crippen molar-refractivity contribution in [1.82, 2.24) is 9.80 Å². The maximum atomic E-state index is 9.27. The van der Waals surface area contributed by atoms with E-state index >= 15 is 0 Å². The minimum absolute atomic E-state index is 0. The average molecular weight is 488 g/mol. The number of nitriles is 1. The molecular weight excluding hydrogens is 442 g/mol. The molecular formula is C25H46ClN3O4. The number of hydrogen-bond donors (Lipinski definition) is 0. The predicted octanol–water partition coefficient (Wildman–Crippen LogP) is 4.34. The lowest BCUT2D eigenvalue weighted by Crippen LogP contribution is -2.51. The minimum atomic E-state index is -0.365. The Hall–Kier alpha value is -0.460. The van der Waals surface area contributed by atoms with Crippen molar-refractivity contribution in [2.24, 2.45) is 0 Å². The van der Waals surface area contributed by atoms with E-state index in [0.29, 0.717) is 18.8 Å². The van der Waals surface area contributed by atoms with E-state index in [1.54, 1.807) is 0 Å². The third kappa shape index (κ3) is 6.41. The zero-order valence-corrected chi connectivity index (χ0v) is 22.3. The third-order valence-corrected chi connectivity index (χ3v) is 8.42. The highest BCUT2D eigenvalue weighted by Gasteiger charge is 2.48. The molecule has 4 aliphatic rings. The molecule has 0 amide bonds. The Morgan fingerprint density at radius 3 is 1.45 bits per heavy atom. The molecule has 8 heteroatoms. The first-order valence-corrected chi connectivity index (χ1v) is 12.6. The van der Waals surface area contributed by atoms with Crippen molar-refractivity contribution in [2.45, 2.75) is 100 Å². The number of nitrogens with zero attached hydrogens (tertiary/aromatic N) is 3. The molecule has 2 aliphatic carbocycles. The van der Waals surface area contributed by atoms with E-state index in [2.05, 4.69) is 32.0 Å². The highest BCUT2D eigenvalue weighted by Crippen LogP contribution is 2.44. The molecule has 0 N–H and O–H groups in total. The van der Waals surface area contributed by atoms with Crippen molar-refractivity contribution in [2.75, 3.05) is 54.6 Å². The van der Waals surface area contributed by atoms with Crippen LogP contribution in [0.1, 0.15) is 77.6 Å². The summed E-state index contributed by atoms with van der Waals surface area (Å²) < 4.78 is 22.9. The van der Waals surface area contributed by atoms with Crippen LogP contribution in [0.2, 0.25) is 0 Å². The molecule has 0 atom stereocenters. The van der Waals surface area contributed by atoms with Crippen LogP contribution < -0.4 is 0 Å². The van der Waals surface area contributed by atoms with Gasteiger partial charge in [-0.25, -0.2) is 0 Å². The monoisotopic (exact) mass is 487 g/mol. The van der Waals surface area contributed by atoms with E-state index in [-0.39, 0.29) is 29.5 Å². The van der Waals surface area contributed by atoms with E-state index in [9.17, 15) is 5.26 Å². The Morgan fingerprint density at radius 2 is 1.12 bits per heavy atom. The highest BCUT2D eigenvalue weighted by molar-refractivity contribution is 5.85. The van der Waals surface area contributed by atoms with Gasteiger partial charge in [-0.1, -0.05) is 19.8 Å². The first kappa shape index (κ1) is 28.8. The molecule has 2 spiro atoms. The van der Waals surface area contributed by atoms with Crippen LogP contribution in [-0.2, 0) is 18.9 Å². The van der Waals surface area contributed by atoms with Crippen molar-refractivity contribution in [3.05, 3.63) is 0 Å². The van der Waals surface area contributed by atoms with Gasteiger partial charge in [0.15, 0.2) is 11.6 Å². The van der Waals surface area contributed by atoms with E-state index in [0.717, 1.165) is 51.7 Å². The topological polar surface area (TPSA) is 67.2 Å². The van der Waals surface area contributed by atoms with Gasteiger partial charge >= 0.3 is 0 Å². The van der Waals surface area contributed by atoms with Gasteiger partial charge in [0, 0.05) is 31.2 Å². The average Bonchev–Trinajstić information content (AvgIpc) is 3.45. The van der Waals surface area contributed by atoms with Gasteiger partial charge < -0.3 is 23.8 Å². The van der Waals surface area contributed by atoms with Crippen molar-refractivity contribution >= 4 is 12.4 Å². The number of hydrogen-bond acceptors (Lipinski definition) is 7. The van der Waals surface area contributed by atoms with Crippen molar-refractivity contribution < 1.29 is 18.9 Å². The fraction of sp³-hybridized carbons (Fsp3) is 0.960. The first-order valence-electron chi connectivity index (χ1n) is 12.6. The van der Waals surface area contributed by atoms with Gasteiger partial charge in [0.25, 0.3) is 0 Å². The van der Waals surface area contributed by atoms with Gasteiger partial charge in [-0.3, -0.25) is 4.90 Å². The zero-order chi connectivity index (χ0) is 23.3. The Morgan fingerprint density at radius 1 is 0.697 bits per heavy atom. The molecule has 0 unspecified atom stereocenters. The van der Waals surface area contributed by atoms with Crippen LogP contribution in [0.15, 0.2) is 0 Å². The second-order valence-electron chi connectivity index (χ2n) is 10.5. The standard InChI is InChI=1S/C14H27NO2.C11H18N2O2.ClH/c1-4-5-6-13(15(2)3)7-9-14(10-8-13)16-11-12-17-14;1-13(2)10(9-12)3-5-11(6-4-10)14-7-8-15-11;/h4-12H2,1-3H3;3-8H2,1-2H3;1H. The lowest BCUT2D eigenvalue weighted by Gasteiger charge is -2.47. The molecule has 0 aromatic carbocycles. The fourth-order valence-electron chi connectivity index (χ4n) is 5.80. The number of rotatable bonds is 5. The van der Waals surface area contributed by atoms with Gasteiger partial charge in [0.2, 0.25) is 0 Å². The number of unbranched alkanes of at least 4 members (excludes halogenated alkanes) is 1. The summed E-state index contributed by atoms with van der Waals surface area (Å²) in [6, 6.07) is 2.44. The SMILES string of the molecule is CCCCC1(N(C)C)CCC2(CC1)OCCO2.CN(C)C1(C#N)CCC2(CC1)OCCO2.Cl. The molecule has 192 valence electrons. The normalized spacial score (nSPS) is 29.5. The lowest BCUT2D eigenvalue weighted by atomic mass is 9.75. The molecule has 4 fully saturated rings. The Labute approximate surface area is 207 Å². The summed E-state index contributed by atoms with van der Waals surface area (Å²) in [6.07, 6.45) is 11.8. The molecule has 33 heavy (non-hydrogen) atoms. The van der Waals surface area contributed by atoms with Crippen LogP contribution >= 0.6 is 12.4 Å². The quantitative estimate of drug-likeness (QED) is 0.571. The molecule has 0 radical (unpaired) electrons. The molecule has 2 aliphatic heterocycles. The molecule has 0 bridgehead atoms. The summed E-state index contributed by atoms with van der Waals surface area (Å²) in [5.41, 5.74) is 0.0666. The summed E-state index contributed by atoms with van der Waals surface area (Å²) in [7, 11) is 8.39. The number of halogens is 1. The predicted molar refractivity (Wildman–Crippen MR) is 131 cm³/mol. The third-order valence-electron chi connectivity index (χ3n) is 8.42. The van der Waals surface area contributed by atoms with E-state index < -0.39 is 0 Å². The molecule has 0 aromatic heterocycles. The number of ether oxygens (including phenoxy) is 4. The van der Waals surface area contributed by atoms with Crippen LogP contribution in [0.25, 0.3) is 0 Å². The summed E-state index contributed by atoms with van der Waals surface area (Å²) in [6.45, 7) is 5.23. The van der Waals surface area contributed by atoms with Gasteiger partial charge in [0.1, 0.15) is 5.54 Å². The molecule has 2 saturated heterocycles. The summed E-state index contributed by atoms with van der Waals surface area (Å²) in [5.74, 6) is -0.581. The van der Waals surface area contributed by atoms with Crippen molar-refractivity contribution in [3.63, 3.8) is 0 Å². The summed E-state index contributed by atoms with van der Waals surface area (Å²) in [5, 5.41) is 9.27. The lowest BCUT2D eigenvalue weighted by molar-refractivity contribution is -0.193. The minimum Gasteiger partial charge on any atom is -0.348 e. The molecule has 0 aromatic rings. The summed E-state index contributed by atoms with van der Waals surface area (Å²) >= 11 is 0. The van der Waals surface area contributed by atoms with E-state index in [1.165, 1.54) is 32.1 Å². The zero-order valence-electron chi connectivity index (χ0n) is 21.5. The maximum Gasteiger partial charge on any atom is 0.168 e. The second-order valence-corrected chi connectivity index (χ2v) is 10.5. The first-order chi connectivity index (χ1) is 15.3. The second kappa shape index (κ2) is 12.0. The van der Waals surface area contributed by atoms with Crippen LogP contribution in [0, 0.1) is 11.3 Å². The molecule has 2 saturated carbocycles. The van der Waals surface area contributed by atoms with Crippen LogP contribution in [0.4, 0.5) is 0 Å². The van der Waals surface area contributed by atoms with E-state index in [4.69, 9.17) is 18.9 Å². The van der Waals surface area contributed by atoms with Gasteiger partial charge in [-0.2, -0.15) is 5.26 Å². The Bertz CT molecular complexity index is 620. The van der Waals surface area contributed by atoms with E-state index in [1.807, 2.05) is 19.0 Å². The summed E-state index contributed by atoms with van der Waals surface area (Å²) in [4.78, 5) is 4.46. The highest BCUT2D eigenvalue weighted by atomic mass is 35.5. The molecule has 2 heterocycles. The van der Waals surface area contributed by atoms with Crippen LogP contribution in [0.3, 0.4) is 0 Å². The molecule has 7 nitrogen and oxygen atoms in total. The largest absolute Gasteiger partial charge is 0.348 e.